The van der Waals surface area contributed by atoms with Gasteiger partial charge in [0.25, 0.3) is 0 Å². The summed E-state index contributed by atoms with van der Waals surface area (Å²) in [5.74, 6) is 1.52. The van der Waals surface area contributed by atoms with Gasteiger partial charge < -0.3 is 0 Å². The molecule has 1 aliphatic rings. The number of nitrogens with zero attached hydrogens (tertiary/aromatic N) is 3. The molecule has 1 saturated heterocycles. The topological polar surface area (TPSA) is 44.8 Å². The number of piperidine rings is 1. The molecule has 3 heterocycles. The molecule has 1 atom stereocenters. The van der Waals surface area contributed by atoms with Gasteiger partial charge in [-0.15, -0.1) is 11.3 Å². The van der Waals surface area contributed by atoms with E-state index in [0.29, 0.717) is 5.92 Å². The molecule has 0 saturated carbocycles. The summed E-state index contributed by atoms with van der Waals surface area (Å²) in [5.41, 5.74) is 1.31. The van der Waals surface area contributed by atoms with Crippen LogP contribution in [-0.2, 0) is 6.54 Å². The summed E-state index contributed by atoms with van der Waals surface area (Å²) < 4.78 is 0. The predicted octanol–water partition coefficient (Wildman–Crippen LogP) is 3.91. The predicted molar refractivity (Wildman–Crippen MR) is 93.4 cm³/mol. The van der Waals surface area contributed by atoms with Gasteiger partial charge in [0.2, 0.25) is 0 Å². The first-order chi connectivity index (χ1) is 11.4. The van der Waals surface area contributed by atoms with Crippen molar-refractivity contribution in [3.63, 3.8) is 0 Å². The minimum atomic E-state index is 0.486. The van der Waals surface area contributed by atoms with Gasteiger partial charge >= 0.3 is 0 Å². The summed E-state index contributed by atoms with van der Waals surface area (Å²) in [6.07, 6.45) is 4.04. The Morgan fingerprint density at radius 1 is 1.17 bits per heavy atom. The van der Waals surface area contributed by atoms with E-state index < -0.39 is 0 Å². The van der Waals surface area contributed by atoms with Gasteiger partial charge in [-0.25, -0.2) is 4.98 Å². The van der Waals surface area contributed by atoms with Crippen LogP contribution in [-0.4, -0.2) is 33.2 Å². The molecule has 0 radical (unpaired) electrons. The Morgan fingerprint density at radius 3 is 2.91 bits per heavy atom. The molecule has 118 valence electrons. The quantitative estimate of drug-likeness (QED) is 0.791. The molecular formula is C18H20N4S. The van der Waals surface area contributed by atoms with Crippen molar-refractivity contribution in [1.82, 2.24) is 20.1 Å². The Labute approximate surface area is 140 Å². The van der Waals surface area contributed by atoms with Crippen LogP contribution in [0, 0.1) is 0 Å². The molecule has 0 aliphatic carbocycles. The zero-order valence-electron chi connectivity index (χ0n) is 13.0. The maximum absolute atomic E-state index is 4.33. The minimum Gasteiger partial charge on any atom is -0.298 e. The third-order valence-electron chi connectivity index (χ3n) is 4.43. The van der Waals surface area contributed by atoms with Crippen LogP contribution in [0.5, 0.6) is 0 Å². The molecular weight excluding hydrogens is 304 g/mol. The molecule has 1 aliphatic heterocycles. The van der Waals surface area contributed by atoms with E-state index in [4.69, 9.17) is 0 Å². The maximum atomic E-state index is 4.33. The largest absolute Gasteiger partial charge is 0.298 e. The monoisotopic (exact) mass is 324 g/mol. The average Bonchev–Trinajstić information content (AvgIpc) is 3.28. The smallest absolute Gasteiger partial charge is 0.137 e. The van der Waals surface area contributed by atoms with E-state index >= 15 is 0 Å². The molecule has 3 aromatic rings. The third kappa shape index (κ3) is 3.35. The molecule has 0 unspecified atom stereocenters. The van der Waals surface area contributed by atoms with E-state index in [1.807, 2.05) is 11.3 Å². The zero-order valence-corrected chi connectivity index (χ0v) is 13.8. The van der Waals surface area contributed by atoms with E-state index in [1.165, 1.54) is 34.7 Å². The lowest BCUT2D eigenvalue weighted by Crippen LogP contribution is -2.34. The van der Waals surface area contributed by atoms with E-state index in [1.54, 1.807) is 6.33 Å². The highest BCUT2D eigenvalue weighted by molar-refractivity contribution is 7.15. The standard InChI is InChI=1S/C18H20N4S/c1-2-5-14(6-3-1)17-9-8-16(23-17)12-22-10-4-7-15(11-22)18-19-13-20-21-18/h1-3,5-6,8-9,13,15H,4,7,10-12H2,(H,19,20,21)/t15-/m1/s1. The van der Waals surface area contributed by atoms with Crippen LogP contribution >= 0.6 is 11.3 Å². The number of aromatic amines is 1. The molecule has 0 amide bonds. The Bertz CT molecular complexity index is 735. The van der Waals surface area contributed by atoms with E-state index in [2.05, 4.69) is 62.5 Å². The first kappa shape index (κ1) is 14.6. The number of hydrogen-bond donors (Lipinski definition) is 1. The summed E-state index contributed by atoms with van der Waals surface area (Å²) in [6, 6.07) is 15.1. The van der Waals surface area contributed by atoms with Gasteiger partial charge in [0.1, 0.15) is 12.2 Å². The van der Waals surface area contributed by atoms with Gasteiger partial charge in [-0.1, -0.05) is 30.3 Å². The number of aromatic nitrogens is 3. The summed E-state index contributed by atoms with van der Waals surface area (Å²) in [4.78, 5) is 9.66. The highest BCUT2D eigenvalue weighted by Gasteiger charge is 2.23. The average molecular weight is 324 g/mol. The molecule has 0 bridgehead atoms. The lowest BCUT2D eigenvalue weighted by atomic mass is 9.97. The Kier molecular flexibility index (Phi) is 4.22. The van der Waals surface area contributed by atoms with Crippen LogP contribution < -0.4 is 0 Å². The summed E-state index contributed by atoms with van der Waals surface area (Å²) in [7, 11) is 0. The normalized spacial score (nSPS) is 19.0. The number of nitrogens with one attached hydrogen (secondary N) is 1. The maximum Gasteiger partial charge on any atom is 0.137 e. The minimum absolute atomic E-state index is 0.486. The second-order valence-corrected chi connectivity index (χ2v) is 7.25. The molecule has 5 heteroatoms. The molecule has 4 rings (SSSR count). The van der Waals surface area contributed by atoms with Crippen molar-refractivity contribution in [2.75, 3.05) is 13.1 Å². The molecule has 1 fully saturated rings. The molecule has 1 N–H and O–H groups in total. The number of thiophene rings is 1. The van der Waals surface area contributed by atoms with Gasteiger partial charge in [0, 0.05) is 28.8 Å². The number of rotatable bonds is 4. The van der Waals surface area contributed by atoms with Crippen LogP contribution in [0.3, 0.4) is 0 Å². The highest BCUT2D eigenvalue weighted by Crippen LogP contribution is 2.30. The number of hydrogen-bond acceptors (Lipinski definition) is 4. The number of benzene rings is 1. The first-order valence-corrected chi connectivity index (χ1v) is 8.92. The van der Waals surface area contributed by atoms with Crippen molar-refractivity contribution in [1.29, 1.82) is 0 Å². The van der Waals surface area contributed by atoms with Gasteiger partial charge in [-0.2, -0.15) is 5.10 Å². The Hall–Kier alpha value is -1.98. The molecule has 23 heavy (non-hydrogen) atoms. The highest BCUT2D eigenvalue weighted by atomic mass is 32.1. The van der Waals surface area contributed by atoms with Crippen molar-refractivity contribution in [2.24, 2.45) is 0 Å². The van der Waals surface area contributed by atoms with Gasteiger partial charge in [0.05, 0.1) is 0 Å². The first-order valence-electron chi connectivity index (χ1n) is 8.10. The van der Waals surface area contributed by atoms with E-state index in [0.717, 1.165) is 18.9 Å². The van der Waals surface area contributed by atoms with Crippen LogP contribution in [0.2, 0.25) is 0 Å². The van der Waals surface area contributed by atoms with Crippen molar-refractivity contribution in [3.05, 3.63) is 59.5 Å². The number of likely N-dealkylation sites (tertiary alicyclic amines) is 1. The van der Waals surface area contributed by atoms with Crippen molar-refractivity contribution < 1.29 is 0 Å². The van der Waals surface area contributed by atoms with Gasteiger partial charge in [-0.05, 0) is 37.1 Å². The molecule has 2 aromatic heterocycles. The number of H-pyrrole nitrogens is 1. The Balaban J connectivity index is 1.43. The molecule has 4 nitrogen and oxygen atoms in total. The fourth-order valence-electron chi connectivity index (χ4n) is 3.27. The van der Waals surface area contributed by atoms with Crippen molar-refractivity contribution >= 4 is 11.3 Å². The van der Waals surface area contributed by atoms with Crippen LogP contribution in [0.4, 0.5) is 0 Å². The fraction of sp³-hybridized carbons (Fsp3) is 0.333. The summed E-state index contributed by atoms with van der Waals surface area (Å²) in [6.45, 7) is 3.26. The van der Waals surface area contributed by atoms with Crippen molar-refractivity contribution in [3.8, 4) is 10.4 Å². The fourth-order valence-corrected chi connectivity index (χ4v) is 4.33. The van der Waals surface area contributed by atoms with Crippen LogP contribution in [0.1, 0.15) is 29.5 Å². The third-order valence-corrected chi connectivity index (χ3v) is 5.54. The second kappa shape index (κ2) is 6.64. The van der Waals surface area contributed by atoms with Crippen molar-refractivity contribution in [2.45, 2.75) is 25.3 Å². The zero-order chi connectivity index (χ0) is 15.5. The molecule has 1 aromatic carbocycles. The van der Waals surface area contributed by atoms with Crippen LogP contribution in [0.25, 0.3) is 10.4 Å². The van der Waals surface area contributed by atoms with E-state index in [9.17, 15) is 0 Å². The SMILES string of the molecule is c1ccc(-c2ccc(CN3CCC[C@@H](c4ncn[nH]4)C3)s2)cc1. The Morgan fingerprint density at radius 2 is 2.09 bits per heavy atom. The van der Waals surface area contributed by atoms with Gasteiger partial charge in [-0.3, -0.25) is 10.00 Å². The van der Waals surface area contributed by atoms with E-state index in [-0.39, 0.29) is 0 Å². The summed E-state index contributed by atoms with van der Waals surface area (Å²) >= 11 is 1.90. The second-order valence-electron chi connectivity index (χ2n) is 6.08. The van der Waals surface area contributed by atoms with Crippen LogP contribution in [0.15, 0.2) is 48.8 Å². The molecule has 0 spiro atoms. The summed E-state index contributed by atoms with van der Waals surface area (Å²) in [5, 5.41) is 7.02. The lowest BCUT2D eigenvalue weighted by Gasteiger charge is -2.31. The lowest BCUT2D eigenvalue weighted by molar-refractivity contribution is 0.198. The van der Waals surface area contributed by atoms with Gasteiger partial charge in [0.15, 0.2) is 0 Å².